The number of hydrogen-bond donors (Lipinski definition) is 3. The highest BCUT2D eigenvalue weighted by molar-refractivity contribution is 7.32. The molecule has 0 amide bonds. The molecule has 1 unspecified atom stereocenters. The van der Waals surface area contributed by atoms with Crippen LogP contribution in [-0.2, 0) is 0 Å². The van der Waals surface area contributed by atoms with Gasteiger partial charge in [0.2, 0.25) is 0 Å². The van der Waals surface area contributed by atoms with E-state index in [1.807, 2.05) is 0 Å². The first-order chi connectivity index (χ1) is 2.41. The van der Waals surface area contributed by atoms with Crippen molar-refractivity contribution >= 4 is 18.3 Å². The van der Waals surface area contributed by atoms with Gasteiger partial charge in [0.1, 0.15) is 0 Å². The van der Waals surface area contributed by atoms with Crippen molar-refractivity contribution < 1.29 is 4.89 Å². The maximum atomic E-state index is 6.92. The third kappa shape index (κ3) is 65.0. The molecule has 0 saturated carbocycles. The molecule has 0 aromatic carbocycles. The summed E-state index contributed by atoms with van der Waals surface area (Å²) in [5.74, 6) is 0. The van der Waals surface area contributed by atoms with Crippen molar-refractivity contribution in [2.24, 2.45) is 11.0 Å². The smallest absolute Gasteiger partial charge is 0.0127 e. The Morgan fingerprint density at radius 2 is 1.40 bits per heavy atom. The average Bonchev–Trinajstić information content (AvgIpc) is 1.46. The first-order valence-corrected chi connectivity index (χ1v) is 2.51. The second kappa shape index (κ2) is 21.9. The molecule has 0 fully saturated rings. The molecule has 5 heavy (non-hydrogen) atoms. The van der Waals surface area contributed by atoms with Crippen LogP contribution in [0.3, 0.4) is 0 Å². The predicted octanol–water partition coefficient (Wildman–Crippen LogP) is -0.819. The second-order valence-electron chi connectivity index (χ2n) is 0.167. The number of nitrogens with two attached hydrogens (primary N) is 2. The van der Waals surface area contributed by atoms with Crippen LogP contribution in [0.2, 0.25) is 0 Å². The molecule has 5 N–H and O–H groups in total. The zero-order valence-corrected chi connectivity index (χ0v) is 4.83. The van der Waals surface area contributed by atoms with E-state index in [0.29, 0.717) is 0 Å². The van der Waals surface area contributed by atoms with E-state index in [0.717, 1.165) is 0 Å². The van der Waals surface area contributed by atoms with Gasteiger partial charge in [0.15, 0.2) is 0 Å². The van der Waals surface area contributed by atoms with E-state index in [1.165, 1.54) is 9.47 Å². The molecular formula is H8N2OP2. The molecule has 0 rings (SSSR count). The normalized spacial score (nSPS) is 4.80. The van der Waals surface area contributed by atoms with Gasteiger partial charge in [0, 0.05) is 8.88 Å². The molecule has 0 heterocycles. The molecular weight excluding hydrogens is 106 g/mol. The van der Waals surface area contributed by atoms with Crippen LogP contribution in [0.5, 0.6) is 0 Å². The summed E-state index contributed by atoms with van der Waals surface area (Å²) >= 11 is 0. The van der Waals surface area contributed by atoms with Crippen LogP contribution in [0.4, 0.5) is 0 Å². The minimum absolute atomic E-state index is 0.0833. The summed E-state index contributed by atoms with van der Waals surface area (Å²) in [6.07, 6.45) is 0. The molecule has 0 aliphatic carbocycles. The molecule has 5 heteroatoms. The molecule has 0 saturated heterocycles. The summed E-state index contributed by atoms with van der Waals surface area (Å²) in [4.78, 5) is 6.92. The maximum absolute atomic E-state index is 6.92. The van der Waals surface area contributed by atoms with Crippen LogP contribution in [-0.4, -0.2) is 4.89 Å². The maximum Gasteiger partial charge on any atom is 0.0127 e. The summed E-state index contributed by atoms with van der Waals surface area (Å²) in [6, 6.07) is 0. The average molecular weight is 114 g/mol. The van der Waals surface area contributed by atoms with Gasteiger partial charge in [-0.05, 0) is 9.47 Å². The highest BCUT2D eigenvalue weighted by Crippen LogP contribution is 1.62. The Morgan fingerprint density at radius 1 is 1.40 bits per heavy atom. The van der Waals surface area contributed by atoms with Crippen LogP contribution in [0.15, 0.2) is 0 Å². The van der Waals surface area contributed by atoms with E-state index in [9.17, 15) is 0 Å². The van der Waals surface area contributed by atoms with Gasteiger partial charge in [-0.1, -0.05) is 0 Å². The van der Waals surface area contributed by atoms with Crippen LogP contribution >= 0.6 is 18.3 Å². The molecule has 0 spiro atoms. The number of hydrogen-bond acceptors (Lipinski definition) is 3. The van der Waals surface area contributed by atoms with Gasteiger partial charge in [-0.2, -0.15) is 0 Å². The Morgan fingerprint density at radius 3 is 1.40 bits per heavy atom. The van der Waals surface area contributed by atoms with Gasteiger partial charge < -0.3 is 15.9 Å². The summed E-state index contributed by atoms with van der Waals surface area (Å²) < 4.78 is 0. The second-order valence-corrected chi connectivity index (χ2v) is 0.500. The summed E-state index contributed by atoms with van der Waals surface area (Å²) in [6.45, 7) is 0. The fourth-order valence-electron chi connectivity index (χ4n) is 0. The fraction of sp³-hybridized carbons (Fsp3) is 0. The largest absolute Gasteiger partial charge is 0.380 e. The first-order valence-electron chi connectivity index (χ1n) is 0.836. The van der Waals surface area contributed by atoms with E-state index in [2.05, 4.69) is 11.0 Å². The molecule has 0 aliphatic heterocycles. The summed E-state index contributed by atoms with van der Waals surface area (Å²) in [5, 5.41) is 0. The van der Waals surface area contributed by atoms with Gasteiger partial charge >= 0.3 is 0 Å². The summed E-state index contributed by atoms with van der Waals surface area (Å²) in [7, 11) is 1.50. The summed E-state index contributed by atoms with van der Waals surface area (Å²) in [5.41, 5.74) is 9.31. The quantitative estimate of drug-likeness (QED) is 0.360. The van der Waals surface area contributed by atoms with E-state index in [4.69, 9.17) is 4.89 Å². The number of rotatable bonds is 0. The molecule has 0 aliphatic rings. The van der Waals surface area contributed by atoms with E-state index in [1.54, 1.807) is 0 Å². The van der Waals surface area contributed by atoms with Crippen molar-refractivity contribution in [1.29, 1.82) is 0 Å². The van der Waals surface area contributed by atoms with Gasteiger partial charge in [0.25, 0.3) is 0 Å². The lowest BCUT2D eigenvalue weighted by Gasteiger charge is -1.57. The van der Waals surface area contributed by atoms with Crippen molar-refractivity contribution in [2.45, 2.75) is 0 Å². The standard InChI is InChI=1S/H5N2P.H3OP/c1-3-2;1-2/h3H,1-2H2;1H,2H2. The Balaban J connectivity index is 0. The van der Waals surface area contributed by atoms with Gasteiger partial charge in [-0.15, -0.1) is 0 Å². The van der Waals surface area contributed by atoms with Crippen molar-refractivity contribution in [2.75, 3.05) is 0 Å². The molecule has 0 aromatic rings. The van der Waals surface area contributed by atoms with Crippen molar-refractivity contribution in [3.05, 3.63) is 0 Å². The highest BCUT2D eigenvalue weighted by Gasteiger charge is 1.28. The third-order valence-electron chi connectivity index (χ3n) is 0. The Bertz CT molecular complexity index is 7.61. The van der Waals surface area contributed by atoms with Gasteiger partial charge in [0.05, 0.1) is 0 Å². The highest BCUT2D eigenvalue weighted by atomic mass is 31.1. The van der Waals surface area contributed by atoms with Gasteiger partial charge in [-0.25, -0.2) is 0 Å². The fourth-order valence-corrected chi connectivity index (χ4v) is 0. The lowest BCUT2D eigenvalue weighted by atomic mass is 13.9. The topological polar surface area (TPSA) is 72.3 Å². The van der Waals surface area contributed by atoms with Crippen LogP contribution in [0, 0.1) is 0 Å². The molecule has 0 bridgehead atoms. The molecule has 1 atom stereocenters. The lowest BCUT2D eigenvalue weighted by Crippen LogP contribution is -1.78. The zero-order chi connectivity index (χ0) is 4.71. The molecule has 0 radical (unpaired) electrons. The minimum Gasteiger partial charge on any atom is -0.380 e. The predicted molar refractivity (Wildman–Crippen MR) is 28.6 cm³/mol. The Labute approximate surface area is 35.3 Å². The van der Waals surface area contributed by atoms with Gasteiger partial charge in [-0.3, -0.25) is 0 Å². The van der Waals surface area contributed by atoms with E-state index < -0.39 is 0 Å². The monoisotopic (exact) mass is 114 g/mol. The minimum atomic E-state index is 0.0833. The van der Waals surface area contributed by atoms with Crippen molar-refractivity contribution in [1.82, 2.24) is 0 Å². The van der Waals surface area contributed by atoms with E-state index >= 15 is 0 Å². The SMILES string of the molecule is NPN.OP. The molecule has 3 nitrogen and oxygen atoms in total. The van der Waals surface area contributed by atoms with Crippen LogP contribution < -0.4 is 11.0 Å². The van der Waals surface area contributed by atoms with Crippen LogP contribution in [0.25, 0.3) is 0 Å². The lowest BCUT2D eigenvalue weighted by molar-refractivity contribution is 0.664. The third-order valence-corrected chi connectivity index (χ3v) is 0. The molecule has 0 aromatic heterocycles. The Kier molecular flexibility index (Phi) is 40.4. The van der Waals surface area contributed by atoms with E-state index in [-0.39, 0.29) is 8.88 Å². The first kappa shape index (κ1) is 9.22. The zero-order valence-electron chi connectivity index (χ0n) is 2.68. The van der Waals surface area contributed by atoms with Crippen LogP contribution in [0.1, 0.15) is 0 Å². The van der Waals surface area contributed by atoms with Crippen molar-refractivity contribution in [3.8, 4) is 0 Å². The molecule has 34 valence electrons. The Hall–Kier alpha value is 0.740. The van der Waals surface area contributed by atoms with Crippen molar-refractivity contribution in [3.63, 3.8) is 0 Å².